The van der Waals surface area contributed by atoms with Crippen molar-refractivity contribution in [2.75, 3.05) is 5.32 Å². The number of hydrogen-bond acceptors (Lipinski definition) is 2. The van der Waals surface area contributed by atoms with Crippen LogP contribution < -0.4 is 5.32 Å². The van der Waals surface area contributed by atoms with Crippen molar-refractivity contribution in [2.45, 2.75) is 20.4 Å². The first-order valence-electron chi connectivity index (χ1n) is 7.41. The summed E-state index contributed by atoms with van der Waals surface area (Å²) in [6, 6.07) is 9.61. The Labute approximate surface area is 143 Å². The van der Waals surface area contributed by atoms with Crippen molar-refractivity contribution in [1.82, 2.24) is 4.57 Å². The van der Waals surface area contributed by atoms with E-state index in [0.717, 1.165) is 23.2 Å². The number of nitrogens with one attached hydrogen (secondary N) is 1. The van der Waals surface area contributed by atoms with Gasteiger partial charge in [0.15, 0.2) is 0 Å². The molecule has 1 N–H and O–H groups in total. The first-order valence-corrected chi connectivity index (χ1v) is 7.79. The summed E-state index contributed by atoms with van der Waals surface area (Å²) in [7, 11) is 0. The Bertz CT molecular complexity index is 885. The van der Waals surface area contributed by atoms with Crippen molar-refractivity contribution in [1.29, 1.82) is 0 Å². The van der Waals surface area contributed by atoms with Crippen LogP contribution in [0.25, 0.3) is 0 Å². The van der Waals surface area contributed by atoms with E-state index in [1.54, 1.807) is 12.3 Å². The Kier molecular flexibility index (Phi) is 4.44. The van der Waals surface area contributed by atoms with Crippen LogP contribution in [0.3, 0.4) is 0 Å². The molecule has 0 atom stereocenters. The zero-order chi connectivity index (χ0) is 17.3. The molecule has 124 valence electrons. The van der Waals surface area contributed by atoms with Gasteiger partial charge in [-0.1, -0.05) is 11.6 Å². The molecule has 2 aromatic heterocycles. The molecule has 24 heavy (non-hydrogen) atoms. The summed E-state index contributed by atoms with van der Waals surface area (Å²) in [5, 5.41) is 2.86. The number of hydrogen-bond donors (Lipinski definition) is 1. The zero-order valence-corrected chi connectivity index (χ0v) is 14.0. The fourth-order valence-corrected chi connectivity index (χ4v) is 2.77. The summed E-state index contributed by atoms with van der Waals surface area (Å²) in [4.78, 5) is 12.5. The van der Waals surface area contributed by atoms with E-state index in [4.69, 9.17) is 16.0 Å². The van der Waals surface area contributed by atoms with E-state index in [2.05, 4.69) is 5.32 Å². The fourth-order valence-electron chi connectivity index (χ4n) is 2.61. The van der Waals surface area contributed by atoms with Gasteiger partial charge in [0, 0.05) is 16.4 Å². The lowest BCUT2D eigenvalue weighted by Crippen LogP contribution is -2.14. The lowest BCUT2D eigenvalue weighted by molar-refractivity contribution is 0.102. The van der Waals surface area contributed by atoms with E-state index in [9.17, 15) is 9.18 Å². The predicted molar refractivity (Wildman–Crippen MR) is 91.1 cm³/mol. The van der Waals surface area contributed by atoms with Crippen LogP contribution in [-0.4, -0.2) is 10.5 Å². The number of anilines is 1. The Morgan fingerprint density at radius 2 is 2.08 bits per heavy atom. The van der Waals surface area contributed by atoms with E-state index in [1.807, 2.05) is 30.5 Å². The van der Waals surface area contributed by atoms with Crippen LogP contribution in [0.1, 0.15) is 27.5 Å². The minimum absolute atomic E-state index is 0.0974. The number of amides is 1. The Hall–Kier alpha value is -2.53. The number of nitrogens with zero attached hydrogens (tertiary/aromatic N) is 1. The topological polar surface area (TPSA) is 47.2 Å². The first kappa shape index (κ1) is 16.3. The number of carbonyl (C=O) groups is 1. The van der Waals surface area contributed by atoms with E-state index in [1.165, 1.54) is 12.1 Å². The van der Waals surface area contributed by atoms with Crippen molar-refractivity contribution in [3.63, 3.8) is 0 Å². The average Bonchev–Trinajstić information content (AvgIpc) is 3.14. The van der Waals surface area contributed by atoms with Crippen LogP contribution >= 0.6 is 11.6 Å². The van der Waals surface area contributed by atoms with Gasteiger partial charge in [-0.05, 0) is 50.2 Å². The summed E-state index contributed by atoms with van der Waals surface area (Å²) in [5.41, 5.74) is 2.30. The zero-order valence-electron chi connectivity index (χ0n) is 13.3. The first-order chi connectivity index (χ1) is 11.5. The van der Waals surface area contributed by atoms with Crippen molar-refractivity contribution in [2.24, 2.45) is 0 Å². The SMILES string of the molecule is Cc1cc(C(=O)Nc2ccc(Cl)cc2F)c(C)n1Cc1ccco1. The summed E-state index contributed by atoms with van der Waals surface area (Å²) < 4.78 is 21.2. The molecule has 1 amide bonds. The summed E-state index contributed by atoms with van der Waals surface area (Å²) >= 11 is 5.72. The Morgan fingerprint density at radius 3 is 2.75 bits per heavy atom. The van der Waals surface area contributed by atoms with E-state index in [0.29, 0.717) is 12.1 Å². The molecule has 3 rings (SSSR count). The maximum Gasteiger partial charge on any atom is 0.257 e. The second-order valence-electron chi connectivity index (χ2n) is 5.53. The van der Waals surface area contributed by atoms with Gasteiger partial charge in [0.05, 0.1) is 24.1 Å². The van der Waals surface area contributed by atoms with E-state index in [-0.39, 0.29) is 16.6 Å². The summed E-state index contributed by atoms with van der Waals surface area (Å²) in [6.07, 6.45) is 1.61. The van der Waals surface area contributed by atoms with E-state index < -0.39 is 5.82 Å². The standard InChI is InChI=1S/C18H16ClFN2O2/c1-11-8-15(12(2)22(11)10-14-4-3-7-24-14)18(23)21-17-6-5-13(19)9-16(17)20/h3-9H,10H2,1-2H3,(H,21,23). The molecule has 0 saturated carbocycles. The third-order valence-corrected chi connectivity index (χ3v) is 4.13. The van der Waals surface area contributed by atoms with Gasteiger partial charge in [-0.2, -0.15) is 0 Å². The van der Waals surface area contributed by atoms with Crippen LogP contribution in [0.5, 0.6) is 0 Å². The maximum absolute atomic E-state index is 13.8. The van der Waals surface area contributed by atoms with Gasteiger partial charge in [0.25, 0.3) is 5.91 Å². The van der Waals surface area contributed by atoms with Gasteiger partial charge in [0.1, 0.15) is 11.6 Å². The highest BCUT2D eigenvalue weighted by atomic mass is 35.5. The molecule has 0 aliphatic carbocycles. The number of furan rings is 1. The minimum atomic E-state index is -0.569. The smallest absolute Gasteiger partial charge is 0.257 e. The molecule has 0 aliphatic rings. The lowest BCUT2D eigenvalue weighted by Gasteiger charge is -2.09. The minimum Gasteiger partial charge on any atom is -0.467 e. The highest BCUT2D eigenvalue weighted by Gasteiger charge is 2.17. The van der Waals surface area contributed by atoms with Gasteiger partial charge >= 0.3 is 0 Å². The van der Waals surface area contributed by atoms with Crippen molar-refractivity contribution in [3.8, 4) is 0 Å². The molecule has 0 fully saturated rings. The molecule has 0 radical (unpaired) electrons. The molecule has 0 spiro atoms. The van der Waals surface area contributed by atoms with Crippen LogP contribution in [0.2, 0.25) is 5.02 Å². The van der Waals surface area contributed by atoms with Crippen LogP contribution in [0.4, 0.5) is 10.1 Å². The Morgan fingerprint density at radius 1 is 1.29 bits per heavy atom. The molecule has 0 bridgehead atoms. The third-order valence-electron chi connectivity index (χ3n) is 3.89. The maximum atomic E-state index is 13.8. The van der Waals surface area contributed by atoms with Gasteiger partial charge in [-0.25, -0.2) is 4.39 Å². The molecule has 0 saturated heterocycles. The van der Waals surface area contributed by atoms with Crippen molar-refractivity contribution >= 4 is 23.2 Å². The van der Waals surface area contributed by atoms with E-state index >= 15 is 0 Å². The highest BCUT2D eigenvalue weighted by molar-refractivity contribution is 6.30. The van der Waals surface area contributed by atoms with Gasteiger partial charge in [0.2, 0.25) is 0 Å². The number of rotatable bonds is 4. The molecule has 0 aliphatic heterocycles. The number of aromatic nitrogens is 1. The molecular formula is C18H16ClFN2O2. The second-order valence-corrected chi connectivity index (χ2v) is 5.97. The van der Waals surface area contributed by atoms with Crippen molar-refractivity contribution < 1.29 is 13.6 Å². The van der Waals surface area contributed by atoms with Crippen molar-refractivity contribution in [3.05, 3.63) is 76.2 Å². The largest absolute Gasteiger partial charge is 0.467 e. The normalized spacial score (nSPS) is 10.8. The fraction of sp³-hybridized carbons (Fsp3) is 0.167. The highest BCUT2D eigenvalue weighted by Crippen LogP contribution is 2.22. The molecule has 0 unspecified atom stereocenters. The van der Waals surface area contributed by atoms with Crippen LogP contribution in [0, 0.1) is 19.7 Å². The predicted octanol–water partition coefficient (Wildman–Crippen LogP) is 4.79. The number of carbonyl (C=O) groups excluding carboxylic acids is 1. The quantitative estimate of drug-likeness (QED) is 0.738. The molecule has 2 heterocycles. The molecule has 6 heteroatoms. The average molecular weight is 347 g/mol. The number of halogens is 2. The van der Waals surface area contributed by atoms with Gasteiger partial charge < -0.3 is 14.3 Å². The van der Waals surface area contributed by atoms with Crippen LogP contribution in [0.15, 0.2) is 47.1 Å². The lowest BCUT2D eigenvalue weighted by atomic mass is 10.2. The second kappa shape index (κ2) is 6.53. The molecule has 3 aromatic rings. The summed E-state index contributed by atoms with van der Waals surface area (Å²) in [6.45, 7) is 4.30. The number of aryl methyl sites for hydroxylation is 1. The summed E-state index contributed by atoms with van der Waals surface area (Å²) in [5.74, 6) is -0.136. The molecule has 1 aromatic carbocycles. The molecular weight excluding hydrogens is 331 g/mol. The third kappa shape index (κ3) is 3.21. The van der Waals surface area contributed by atoms with Crippen LogP contribution in [-0.2, 0) is 6.54 Å². The monoisotopic (exact) mass is 346 g/mol. The number of benzene rings is 1. The van der Waals surface area contributed by atoms with Gasteiger partial charge in [-0.15, -0.1) is 0 Å². The molecule has 4 nitrogen and oxygen atoms in total. The van der Waals surface area contributed by atoms with Gasteiger partial charge in [-0.3, -0.25) is 4.79 Å². The Balaban J connectivity index is 1.85.